The van der Waals surface area contributed by atoms with Gasteiger partial charge in [-0.15, -0.1) is 0 Å². The van der Waals surface area contributed by atoms with Crippen LogP contribution < -0.4 is 0 Å². The smallest absolute Gasteiger partial charge is 0.446 e. The topological polar surface area (TPSA) is 74.6 Å². The van der Waals surface area contributed by atoms with Crippen LogP contribution in [-0.2, 0) is 16.0 Å². The van der Waals surface area contributed by atoms with Gasteiger partial charge in [-0.1, -0.05) is 40.8 Å². The maximum absolute atomic E-state index is 12.1. The molecule has 20 heavy (non-hydrogen) atoms. The van der Waals surface area contributed by atoms with Gasteiger partial charge in [0.05, 0.1) is 10.8 Å². The third kappa shape index (κ3) is 9.89. The van der Waals surface area contributed by atoms with Crippen molar-refractivity contribution in [2.24, 2.45) is 0 Å². The molecule has 0 fully saturated rings. The van der Waals surface area contributed by atoms with Gasteiger partial charge in [0.25, 0.3) is 0 Å². The summed E-state index contributed by atoms with van der Waals surface area (Å²) in [6.07, 6.45) is -0.404. The lowest BCUT2D eigenvalue weighted by Gasteiger charge is -2.09. The van der Waals surface area contributed by atoms with Gasteiger partial charge in [0, 0.05) is 4.90 Å². The number of carboxylic acids is 2. The molecule has 0 unspecified atom stereocenters. The molecular formula is C11H10F3IO4S. The van der Waals surface area contributed by atoms with Gasteiger partial charge in [0.1, 0.15) is 0 Å². The second-order valence-electron chi connectivity index (χ2n) is 3.25. The summed E-state index contributed by atoms with van der Waals surface area (Å²) in [6, 6.07) is 5.59. The van der Waals surface area contributed by atoms with E-state index in [-0.39, 0.29) is 26.6 Å². The van der Waals surface area contributed by atoms with Crippen LogP contribution in [0.5, 0.6) is 0 Å². The van der Waals surface area contributed by atoms with Crippen LogP contribution in [0, 0.1) is 0 Å². The normalized spacial score (nSPS) is 10.4. The van der Waals surface area contributed by atoms with Gasteiger partial charge in [0.15, 0.2) is 0 Å². The van der Waals surface area contributed by atoms with E-state index in [1.807, 2.05) is 0 Å². The van der Waals surface area contributed by atoms with Crippen molar-refractivity contribution in [2.45, 2.75) is 16.8 Å². The van der Waals surface area contributed by atoms with Crippen molar-refractivity contribution in [3.05, 3.63) is 29.8 Å². The Bertz CT molecular complexity index is 465. The molecule has 0 heterocycles. The second-order valence-corrected chi connectivity index (χ2v) is 5.12. The number of aliphatic carboxylic acids is 2. The Hall–Kier alpha value is -0.970. The minimum atomic E-state index is -4.39. The van der Waals surface area contributed by atoms with E-state index in [2.05, 4.69) is 0 Å². The molecule has 0 saturated heterocycles. The van der Waals surface area contributed by atoms with Crippen LogP contribution >= 0.6 is 34.4 Å². The van der Waals surface area contributed by atoms with Crippen molar-refractivity contribution in [1.82, 2.24) is 0 Å². The Morgan fingerprint density at radius 2 is 1.65 bits per heavy atom. The Morgan fingerprint density at radius 1 is 1.15 bits per heavy atom. The van der Waals surface area contributed by atoms with Gasteiger partial charge in [-0.3, -0.25) is 9.59 Å². The molecule has 2 N–H and O–H groups in total. The van der Waals surface area contributed by atoms with Crippen molar-refractivity contribution >= 4 is 46.3 Å². The second kappa shape index (κ2) is 9.06. The van der Waals surface area contributed by atoms with Crippen LogP contribution in [0.2, 0.25) is 0 Å². The molecule has 112 valence electrons. The van der Waals surface area contributed by atoms with Gasteiger partial charge >= 0.3 is 17.4 Å². The largest absolute Gasteiger partial charge is 0.481 e. The summed E-state index contributed by atoms with van der Waals surface area (Å²) in [5.41, 5.74) is -4.22. The lowest BCUT2D eigenvalue weighted by molar-refractivity contribution is -0.136. The van der Waals surface area contributed by atoms with Crippen LogP contribution in [0.4, 0.5) is 13.2 Å². The Labute approximate surface area is 130 Å². The monoisotopic (exact) mass is 422 g/mol. The number of hydrogen-bond donors (Lipinski definition) is 2. The fourth-order valence-corrected chi connectivity index (χ4v) is 1.70. The molecule has 0 radical (unpaired) electrons. The predicted molar refractivity (Wildman–Crippen MR) is 76.2 cm³/mol. The SMILES string of the molecule is O=C(O)CI.O=C(O)Cc1ccccc1SC(F)(F)F. The molecule has 9 heteroatoms. The number of rotatable bonds is 4. The molecule has 1 rings (SSSR count). The van der Waals surface area contributed by atoms with E-state index in [0.717, 1.165) is 0 Å². The molecular weight excluding hydrogens is 412 g/mol. The molecule has 0 aliphatic heterocycles. The summed E-state index contributed by atoms with van der Waals surface area (Å²) < 4.78 is 36.4. The molecule has 0 spiro atoms. The fraction of sp³-hybridized carbons (Fsp3) is 0.273. The van der Waals surface area contributed by atoms with E-state index in [9.17, 15) is 22.8 Å². The van der Waals surface area contributed by atoms with Crippen LogP contribution in [0.15, 0.2) is 29.2 Å². The summed E-state index contributed by atoms with van der Waals surface area (Å²) in [5.74, 6) is -1.91. The number of carbonyl (C=O) groups is 2. The Morgan fingerprint density at radius 3 is 2.05 bits per heavy atom. The maximum atomic E-state index is 12.1. The standard InChI is InChI=1S/C9H7F3O2S.C2H3IO2/c10-9(11,12)15-7-4-2-1-3-6(7)5-8(13)14;3-1-2(4)5/h1-4H,5H2,(H,13,14);1H2,(H,4,5). The van der Waals surface area contributed by atoms with Crippen molar-refractivity contribution in [3.63, 3.8) is 0 Å². The zero-order valence-electron chi connectivity index (χ0n) is 9.85. The van der Waals surface area contributed by atoms with Gasteiger partial charge < -0.3 is 10.2 Å². The maximum Gasteiger partial charge on any atom is 0.446 e. The first-order valence-electron chi connectivity index (χ1n) is 4.99. The first-order valence-corrected chi connectivity index (χ1v) is 7.33. The molecule has 0 bridgehead atoms. The molecule has 0 saturated carbocycles. The summed E-state index contributed by atoms with van der Waals surface area (Å²) in [6.45, 7) is 0. The number of alkyl halides is 4. The molecule has 4 nitrogen and oxygen atoms in total. The Kier molecular flexibility index (Phi) is 8.62. The minimum absolute atomic E-state index is 0.0626. The number of carboxylic acid groups (broad SMARTS) is 2. The predicted octanol–water partition coefficient (Wildman–Crippen LogP) is 3.43. The van der Waals surface area contributed by atoms with Crippen LogP contribution in [0.25, 0.3) is 0 Å². The zero-order valence-corrected chi connectivity index (χ0v) is 12.8. The fourth-order valence-electron chi connectivity index (χ4n) is 1.04. The van der Waals surface area contributed by atoms with E-state index in [1.165, 1.54) is 24.3 Å². The molecule has 0 aromatic heterocycles. The van der Waals surface area contributed by atoms with Crippen molar-refractivity contribution in [2.75, 3.05) is 4.43 Å². The molecule has 0 amide bonds. The highest BCUT2D eigenvalue weighted by molar-refractivity contribution is 14.1. The minimum Gasteiger partial charge on any atom is -0.481 e. The zero-order chi connectivity index (χ0) is 15.8. The lowest BCUT2D eigenvalue weighted by atomic mass is 10.1. The van der Waals surface area contributed by atoms with Crippen molar-refractivity contribution in [1.29, 1.82) is 0 Å². The molecule has 0 aliphatic carbocycles. The third-order valence-corrected chi connectivity index (χ3v) is 3.16. The number of halogens is 4. The average Bonchev–Trinajstić information content (AvgIpc) is 2.30. The van der Waals surface area contributed by atoms with E-state index in [0.29, 0.717) is 0 Å². The van der Waals surface area contributed by atoms with Crippen molar-refractivity contribution in [3.8, 4) is 0 Å². The third-order valence-electron chi connectivity index (χ3n) is 1.65. The number of hydrogen-bond acceptors (Lipinski definition) is 3. The van der Waals surface area contributed by atoms with Crippen LogP contribution in [0.3, 0.4) is 0 Å². The van der Waals surface area contributed by atoms with E-state index < -0.39 is 23.9 Å². The van der Waals surface area contributed by atoms with Gasteiger partial charge in [-0.2, -0.15) is 13.2 Å². The Balaban J connectivity index is 0.000000621. The van der Waals surface area contributed by atoms with Crippen LogP contribution in [0.1, 0.15) is 5.56 Å². The quantitative estimate of drug-likeness (QED) is 0.442. The van der Waals surface area contributed by atoms with Gasteiger partial charge in [-0.05, 0) is 23.4 Å². The highest BCUT2D eigenvalue weighted by Crippen LogP contribution is 2.38. The number of benzene rings is 1. The summed E-state index contributed by atoms with van der Waals surface area (Å²) >= 11 is 1.48. The highest BCUT2D eigenvalue weighted by Gasteiger charge is 2.30. The van der Waals surface area contributed by atoms with Crippen LogP contribution in [-0.4, -0.2) is 32.1 Å². The molecule has 0 aliphatic rings. The summed E-state index contributed by atoms with van der Waals surface area (Å²) in [4.78, 5) is 19.7. The summed E-state index contributed by atoms with van der Waals surface area (Å²) in [7, 11) is 0. The first kappa shape index (κ1) is 19.0. The first-order chi connectivity index (χ1) is 9.15. The van der Waals surface area contributed by atoms with E-state index in [1.54, 1.807) is 22.6 Å². The molecule has 0 atom stereocenters. The molecule has 1 aromatic carbocycles. The molecule has 1 aromatic rings. The van der Waals surface area contributed by atoms with E-state index in [4.69, 9.17) is 10.2 Å². The lowest BCUT2D eigenvalue weighted by Crippen LogP contribution is -2.04. The number of thioether (sulfide) groups is 1. The average molecular weight is 422 g/mol. The van der Waals surface area contributed by atoms with E-state index >= 15 is 0 Å². The van der Waals surface area contributed by atoms with Crippen molar-refractivity contribution < 1.29 is 33.0 Å². The summed E-state index contributed by atoms with van der Waals surface area (Å²) in [5, 5.41) is 16.2. The van der Waals surface area contributed by atoms with Gasteiger partial charge in [-0.25, -0.2) is 0 Å². The highest BCUT2D eigenvalue weighted by atomic mass is 127. The van der Waals surface area contributed by atoms with Gasteiger partial charge in [0.2, 0.25) is 0 Å².